The van der Waals surface area contributed by atoms with Gasteiger partial charge < -0.3 is 24.4 Å². The lowest BCUT2D eigenvalue weighted by atomic mass is 10.1. The molecule has 1 N–H and O–H groups in total. The number of fused-ring (bicyclic) bond motifs is 1. The van der Waals surface area contributed by atoms with Crippen molar-refractivity contribution in [1.29, 1.82) is 0 Å². The zero-order valence-corrected chi connectivity index (χ0v) is 21.4. The van der Waals surface area contributed by atoms with Crippen LogP contribution in [0.25, 0.3) is 0 Å². The van der Waals surface area contributed by atoms with Gasteiger partial charge in [-0.2, -0.15) is 0 Å². The number of nitrogens with one attached hydrogen (secondary N) is 1. The maximum atomic E-state index is 12.8. The number of sulfonamides is 1. The number of benzene rings is 3. The number of ether oxygens (including phenoxy) is 3. The molecule has 3 aromatic rings. The van der Waals surface area contributed by atoms with E-state index in [1.165, 1.54) is 38.4 Å². The Morgan fingerprint density at radius 1 is 1.03 bits per heavy atom. The lowest BCUT2D eigenvalue weighted by Crippen LogP contribution is -2.41. The van der Waals surface area contributed by atoms with E-state index in [1.807, 2.05) is 0 Å². The van der Waals surface area contributed by atoms with E-state index in [1.54, 1.807) is 54.5 Å². The third-order valence-electron chi connectivity index (χ3n) is 5.70. The quantitative estimate of drug-likeness (QED) is 0.457. The van der Waals surface area contributed by atoms with Gasteiger partial charge in [0.2, 0.25) is 10.0 Å². The minimum atomic E-state index is -3.59. The van der Waals surface area contributed by atoms with E-state index in [4.69, 9.17) is 14.2 Å². The molecule has 3 aromatic carbocycles. The van der Waals surface area contributed by atoms with Gasteiger partial charge in [0.1, 0.15) is 23.9 Å². The topological polar surface area (TPSA) is 114 Å². The Morgan fingerprint density at radius 2 is 1.70 bits per heavy atom. The van der Waals surface area contributed by atoms with Crippen LogP contribution in [0.3, 0.4) is 0 Å². The summed E-state index contributed by atoms with van der Waals surface area (Å²) in [4.78, 5) is 27.0. The third kappa shape index (κ3) is 5.84. The Labute approximate surface area is 215 Å². The summed E-state index contributed by atoms with van der Waals surface area (Å²) in [6.45, 7) is 0.431. The maximum absolute atomic E-state index is 12.8. The normalized spacial score (nSPS) is 13.1. The van der Waals surface area contributed by atoms with Crippen molar-refractivity contribution in [2.45, 2.75) is 4.90 Å². The van der Waals surface area contributed by atoms with Crippen molar-refractivity contribution in [3.8, 4) is 17.2 Å². The lowest BCUT2D eigenvalue weighted by Gasteiger charge is -2.29. The van der Waals surface area contributed by atoms with Crippen molar-refractivity contribution in [3.63, 3.8) is 0 Å². The molecule has 11 heteroatoms. The van der Waals surface area contributed by atoms with Crippen LogP contribution in [0.2, 0.25) is 0 Å². The highest BCUT2D eigenvalue weighted by Gasteiger charge is 2.26. The van der Waals surface area contributed by atoms with Gasteiger partial charge in [0.15, 0.2) is 6.61 Å². The summed E-state index contributed by atoms with van der Waals surface area (Å²) < 4.78 is 42.0. The van der Waals surface area contributed by atoms with Gasteiger partial charge in [-0.3, -0.25) is 9.59 Å². The molecule has 194 valence electrons. The van der Waals surface area contributed by atoms with Crippen LogP contribution >= 0.6 is 0 Å². The van der Waals surface area contributed by atoms with Gasteiger partial charge in [-0.15, -0.1) is 0 Å². The molecule has 0 saturated heterocycles. The Bertz CT molecular complexity index is 1390. The van der Waals surface area contributed by atoms with Crippen molar-refractivity contribution in [3.05, 3.63) is 72.3 Å². The van der Waals surface area contributed by atoms with Crippen LogP contribution in [0.15, 0.2) is 71.6 Å². The number of methoxy groups -OCH3 is 1. The number of carbonyl (C=O) groups excluding carboxylic acids is 2. The average Bonchev–Trinajstić information content (AvgIpc) is 2.90. The minimum Gasteiger partial charge on any atom is -0.497 e. The fourth-order valence-corrected chi connectivity index (χ4v) is 4.55. The molecule has 0 atom stereocenters. The molecule has 0 spiro atoms. The molecule has 0 unspecified atom stereocenters. The van der Waals surface area contributed by atoms with Gasteiger partial charge in [0, 0.05) is 25.3 Å². The Hall–Kier alpha value is -4.09. The first-order valence-corrected chi connectivity index (χ1v) is 12.8. The van der Waals surface area contributed by atoms with E-state index in [9.17, 15) is 18.0 Å². The van der Waals surface area contributed by atoms with Crippen LogP contribution in [0.1, 0.15) is 10.4 Å². The highest BCUT2D eigenvalue weighted by Crippen LogP contribution is 2.34. The van der Waals surface area contributed by atoms with Gasteiger partial charge in [-0.05, 0) is 66.7 Å². The second kappa shape index (κ2) is 10.9. The summed E-state index contributed by atoms with van der Waals surface area (Å²) in [6.07, 6.45) is 0. The van der Waals surface area contributed by atoms with Crippen LogP contribution in [-0.2, 0) is 14.8 Å². The van der Waals surface area contributed by atoms with Crippen LogP contribution in [-0.4, -0.2) is 65.5 Å². The predicted molar refractivity (Wildman–Crippen MR) is 138 cm³/mol. The summed E-state index contributed by atoms with van der Waals surface area (Å²) in [5.74, 6) is 1.22. The van der Waals surface area contributed by atoms with Gasteiger partial charge in [-0.25, -0.2) is 12.7 Å². The molecular weight excluding hydrogens is 498 g/mol. The molecule has 1 heterocycles. The minimum absolute atomic E-state index is 0.0889. The first-order chi connectivity index (χ1) is 17.7. The fourth-order valence-electron chi connectivity index (χ4n) is 3.64. The van der Waals surface area contributed by atoms with E-state index >= 15 is 0 Å². The van der Waals surface area contributed by atoms with Crippen LogP contribution < -0.4 is 24.4 Å². The monoisotopic (exact) mass is 525 g/mol. The number of carbonyl (C=O) groups is 2. The zero-order chi connectivity index (χ0) is 26.6. The Kier molecular flexibility index (Phi) is 7.65. The SMILES string of the molecule is COc1ccc(OCCN2C(=O)COc3ccc(NC(=O)c4ccc(S(=O)(=O)N(C)C)cc4)cc32)cc1. The molecule has 0 fully saturated rings. The maximum Gasteiger partial charge on any atom is 0.265 e. The number of hydrogen-bond acceptors (Lipinski definition) is 7. The molecule has 4 rings (SSSR count). The van der Waals surface area contributed by atoms with Crippen LogP contribution in [0.4, 0.5) is 11.4 Å². The van der Waals surface area contributed by atoms with E-state index in [0.29, 0.717) is 28.6 Å². The molecule has 0 aromatic heterocycles. The average molecular weight is 526 g/mol. The molecule has 0 aliphatic carbocycles. The van der Waals surface area contributed by atoms with Gasteiger partial charge in [-0.1, -0.05) is 0 Å². The Balaban J connectivity index is 1.45. The van der Waals surface area contributed by atoms with Crippen molar-refractivity contribution >= 4 is 33.2 Å². The first-order valence-electron chi connectivity index (χ1n) is 11.4. The second-order valence-electron chi connectivity index (χ2n) is 8.31. The van der Waals surface area contributed by atoms with Crippen LogP contribution in [0.5, 0.6) is 17.2 Å². The summed E-state index contributed by atoms with van der Waals surface area (Å²) in [7, 11) is 0.871. The van der Waals surface area contributed by atoms with Gasteiger partial charge in [0.25, 0.3) is 11.8 Å². The van der Waals surface area contributed by atoms with Crippen molar-refractivity contribution in [2.24, 2.45) is 0 Å². The van der Waals surface area contributed by atoms with E-state index < -0.39 is 15.9 Å². The fraction of sp³-hybridized carbons (Fsp3) is 0.231. The molecule has 1 aliphatic heterocycles. The number of amides is 2. The Morgan fingerprint density at radius 3 is 2.35 bits per heavy atom. The van der Waals surface area contributed by atoms with Gasteiger partial charge in [0.05, 0.1) is 24.2 Å². The molecule has 2 amide bonds. The predicted octanol–water partition coefficient (Wildman–Crippen LogP) is 3.00. The number of anilines is 2. The molecular formula is C26H27N3O7S. The van der Waals surface area contributed by atoms with Gasteiger partial charge >= 0.3 is 0 Å². The molecule has 10 nitrogen and oxygen atoms in total. The first kappa shape index (κ1) is 26.0. The zero-order valence-electron chi connectivity index (χ0n) is 20.6. The molecule has 1 aliphatic rings. The molecule has 37 heavy (non-hydrogen) atoms. The van der Waals surface area contributed by atoms with E-state index in [-0.39, 0.29) is 36.1 Å². The summed E-state index contributed by atoms with van der Waals surface area (Å²) in [6, 6.07) is 17.8. The smallest absolute Gasteiger partial charge is 0.265 e. The largest absolute Gasteiger partial charge is 0.497 e. The van der Waals surface area contributed by atoms with E-state index in [2.05, 4.69) is 5.32 Å². The third-order valence-corrected chi connectivity index (χ3v) is 7.53. The standard InChI is InChI=1S/C26H27N3O7S/c1-28(2)37(32,33)22-11-4-18(5-12-22)26(31)27-19-6-13-24-23(16-19)29(25(30)17-36-24)14-15-35-21-9-7-20(34-3)8-10-21/h4-13,16H,14-15,17H2,1-3H3,(H,27,31). The van der Waals surface area contributed by atoms with E-state index in [0.717, 1.165) is 4.31 Å². The lowest BCUT2D eigenvalue weighted by molar-refractivity contribution is -0.121. The highest BCUT2D eigenvalue weighted by molar-refractivity contribution is 7.89. The number of rotatable bonds is 9. The summed E-state index contributed by atoms with van der Waals surface area (Å²) in [5, 5.41) is 2.78. The van der Waals surface area contributed by atoms with Crippen molar-refractivity contribution < 1.29 is 32.2 Å². The second-order valence-corrected chi connectivity index (χ2v) is 10.5. The molecule has 0 saturated carbocycles. The molecule has 0 bridgehead atoms. The summed E-state index contributed by atoms with van der Waals surface area (Å²) >= 11 is 0. The summed E-state index contributed by atoms with van der Waals surface area (Å²) in [5.41, 5.74) is 1.25. The van der Waals surface area contributed by atoms with Crippen molar-refractivity contribution in [2.75, 3.05) is 51.2 Å². The van der Waals surface area contributed by atoms with Crippen LogP contribution in [0, 0.1) is 0 Å². The van der Waals surface area contributed by atoms with Crippen molar-refractivity contribution in [1.82, 2.24) is 4.31 Å². The molecule has 0 radical (unpaired) electrons. The number of hydrogen-bond donors (Lipinski definition) is 1. The number of nitrogens with zero attached hydrogens (tertiary/aromatic N) is 2. The highest BCUT2D eigenvalue weighted by atomic mass is 32.2.